The molecule has 0 spiro atoms. The molecule has 0 radical (unpaired) electrons. The Balaban J connectivity index is 1.95. The maximum atomic E-state index is 6.30. The van der Waals surface area contributed by atoms with E-state index in [1.165, 1.54) is 0 Å². The number of rotatable bonds is 5. The summed E-state index contributed by atoms with van der Waals surface area (Å²) in [4.78, 5) is 2.26. The van der Waals surface area contributed by atoms with Crippen LogP contribution in [0.1, 0.15) is 26.3 Å². The van der Waals surface area contributed by atoms with Crippen LogP contribution in [0.25, 0.3) is 0 Å². The summed E-state index contributed by atoms with van der Waals surface area (Å²) in [5.74, 6) is 0.833. The van der Waals surface area contributed by atoms with Crippen molar-refractivity contribution >= 4 is 11.6 Å². The van der Waals surface area contributed by atoms with Crippen molar-refractivity contribution in [3.05, 3.63) is 41.2 Å². The first-order chi connectivity index (χ1) is 9.06. The molecule has 19 heavy (non-hydrogen) atoms. The smallest absolute Gasteiger partial charge is 0.121 e. The van der Waals surface area contributed by atoms with Crippen LogP contribution in [0.2, 0.25) is 5.02 Å². The highest BCUT2D eigenvalue weighted by atomic mass is 35.5. The van der Waals surface area contributed by atoms with Gasteiger partial charge in [0.2, 0.25) is 0 Å². The molecule has 1 N–H and O–H groups in total. The fourth-order valence-electron chi connectivity index (χ4n) is 2.10. The molecule has 4 heteroatoms. The Kier molecular flexibility index (Phi) is 4.59. The zero-order chi connectivity index (χ0) is 13.8. The van der Waals surface area contributed by atoms with Gasteiger partial charge in [0.1, 0.15) is 5.75 Å². The molecule has 2 rings (SSSR count). The SMILES string of the molecule is CC(C)Oc1ccc(CCN2C=CNC2C)c(Cl)c1. The summed E-state index contributed by atoms with van der Waals surface area (Å²) in [6.45, 7) is 7.11. The second kappa shape index (κ2) is 6.20. The molecule has 0 amide bonds. The second-order valence-corrected chi connectivity index (χ2v) is 5.47. The first kappa shape index (κ1) is 14.1. The van der Waals surface area contributed by atoms with Crippen LogP contribution >= 0.6 is 11.6 Å². The molecular formula is C15H21ClN2O. The van der Waals surface area contributed by atoms with Gasteiger partial charge in [-0.05, 0) is 44.9 Å². The van der Waals surface area contributed by atoms with Gasteiger partial charge in [0, 0.05) is 24.0 Å². The topological polar surface area (TPSA) is 24.5 Å². The van der Waals surface area contributed by atoms with Gasteiger partial charge in [-0.25, -0.2) is 0 Å². The molecule has 0 fully saturated rings. The van der Waals surface area contributed by atoms with Gasteiger partial charge in [0.05, 0.1) is 12.3 Å². The van der Waals surface area contributed by atoms with E-state index >= 15 is 0 Å². The molecular weight excluding hydrogens is 260 g/mol. The minimum atomic E-state index is 0.170. The third-order valence-electron chi connectivity index (χ3n) is 3.14. The lowest BCUT2D eigenvalue weighted by Gasteiger charge is -2.22. The van der Waals surface area contributed by atoms with Crippen LogP contribution in [0.3, 0.4) is 0 Å². The van der Waals surface area contributed by atoms with E-state index in [2.05, 4.69) is 29.4 Å². The molecule has 0 aliphatic carbocycles. The molecule has 104 valence electrons. The number of hydrogen-bond donors (Lipinski definition) is 1. The van der Waals surface area contributed by atoms with Gasteiger partial charge >= 0.3 is 0 Å². The van der Waals surface area contributed by atoms with E-state index in [9.17, 15) is 0 Å². The minimum Gasteiger partial charge on any atom is -0.491 e. The molecule has 0 aromatic heterocycles. The maximum Gasteiger partial charge on any atom is 0.121 e. The minimum absolute atomic E-state index is 0.170. The number of nitrogens with zero attached hydrogens (tertiary/aromatic N) is 1. The van der Waals surface area contributed by atoms with Crippen molar-refractivity contribution < 1.29 is 4.74 Å². The van der Waals surface area contributed by atoms with Gasteiger partial charge in [-0.3, -0.25) is 0 Å². The van der Waals surface area contributed by atoms with Gasteiger partial charge in [0.15, 0.2) is 0 Å². The number of hydrogen-bond acceptors (Lipinski definition) is 3. The average molecular weight is 281 g/mol. The van der Waals surface area contributed by atoms with Gasteiger partial charge in [-0.15, -0.1) is 0 Å². The molecule has 1 aromatic rings. The van der Waals surface area contributed by atoms with Crippen LogP contribution in [0.5, 0.6) is 5.75 Å². The summed E-state index contributed by atoms with van der Waals surface area (Å²) in [7, 11) is 0. The zero-order valence-electron chi connectivity index (χ0n) is 11.7. The van der Waals surface area contributed by atoms with E-state index in [4.69, 9.17) is 16.3 Å². The number of nitrogens with one attached hydrogen (secondary N) is 1. The number of ether oxygens (including phenoxy) is 1. The van der Waals surface area contributed by atoms with Crippen molar-refractivity contribution in [2.75, 3.05) is 6.54 Å². The summed E-state index contributed by atoms with van der Waals surface area (Å²) in [5, 5.41) is 4.02. The Bertz CT molecular complexity index is 459. The van der Waals surface area contributed by atoms with Crippen molar-refractivity contribution in [1.29, 1.82) is 0 Å². The standard InChI is InChI=1S/C15H21ClN2O/c1-11(2)19-14-5-4-13(15(16)10-14)6-8-18-9-7-17-12(18)3/h4-5,7,9-12,17H,6,8H2,1-3H3. The van der Waals surface area contributed by atoms with Gasteiger partial charge in [-0.1, -0.05) is 17.7 Å². The first-order valence-electron chi connectivity index (χ1n) is 6.70. The van der Waals surface area contributed by atoms with Crippen LogP contribution in [0.15, 0.2) is 30.6 Å². The van der Waals surface area contributed by atoms with Gasteiger partial charge in [-0.2, -0.15) is 0 Å². The lowest BCUT2D eigenvalue weighted by Crippen LogP contribution is -2.33. The highest BCUT2D eigenvalue weighted by molar-refractivity contribution is 6.31. The Hall–Kier alpha value is -1.35. The van der Waals surface area contributed by atoms with Crippen LogP contribution < -0.4 is 10.1 Å². The van der Waals surface area contributed by atoms with E-state index < -0.39 is 0 Å². The van der Waals surface area contributed by atoms with E-state index in [-0.39, 0.29) is 6.10 Å². The van der Waals surface area contributed by atoms with Gasteiger partial charge < -0.3 is 15.0 Å². The third-order valence-corrected chi connectivity index (χ3v) is 3.49. The number of halogens is 1. The molecule has 1 aliphatic heterocycles. The van der Waals surface area contributed by atoms with Crippen molar-refractivity contribution in [2.24, 2.45) is 0 Å². The quantitative estimate of drug-likeness (QED) is 0.895. The molecule has 0 saturated carbocycles. The Morgan fingerprint density at radius 1 is 1.42 bits per heavy atom. The summed E-state index contributed by atoms with van der Waals surface area (Å²) >= 11 is 6.30. The summed E-state index contributed by atoms with van der Waals surface area (Å²) in [6.07, 6.45) is 5.52. The molecule has 0 saturated heterocycles. The van der Waals surface area contributed by atoms with Crippen molar-refractivity contribution in [3.63, 3.8) is 0 Å². The van der Waals surface area contributed by atoms with E-state index in [0.717, 1.165) is 29.3 Å². The van der Waals surface area contributed by atoms with Crippen LogP contribution in [-0.4, -0.2) is 23.7 Å². The first-order valence-corrected chi connectivity index (χ1v) is 7.07. The monoisotopic (exact) mass is 280 g/mol. The third kappa shape index (κ3) is 3.80. The van der Waals surface area contributed by atoms with E-state index in [1.54, 1.807) is 0 Å². The predicted octanol–water partition coefficient (Wildman–Crippen LogP) is 3.39. The summed E-state index contributed by atoms with van der Waals surface area (Å²) in [6, 6.07) is 5.94. The lowest BCUT2D eigenvalue weighted by atomic mass is 10.1. The Labute approximate surface area is 120 Å². The fraction of sp³-hybridized carbons (Fsp3) is 0.467. The summed E-state index contributed by atoms with van der Waals surface area (Å²) < 4.78 is 5.63. The second-order valence-electron chi connectivity index (χ2n) is 5.07. The highest BCUT2D eigenvalue weighted by Gasteiger charge is 2.13. The van der Waals surface area contributed by atoms with Crippen LogP contribution in [-0.2, 0) is 6.42 Å². The van der Waals surface area contributed by atoms with Crippen molar-refractivity contribution in [2.45, 2.75) is 39.5 Å². The lowest BCUT2D eigenvalue weighted by molar-refractivity contribution is 0.242. The maximum absolute atomic E-state index is 6.30. The molecule has 1 aromatic carbocycles. The van der Waals surface area contributed by atoms with E-state index in [0.29, 0.717) is 6.17 Å². The average Bonchev–Trinajstić information content (AvgIpc) is 2.73. The molecule has 1 aliphatic rings. The fourth-order valence-corrected chi connectivity index (χ4v) is 2.36. The molecule has 1 atom stereocenters. The molecule has 3 nitrogen and oxygen atoms in total. The highest BCUT2D eigenvalue weighted by Crippen LogP contribution is 2.24. The zero-order valence-corrected chi connectivity index (χ0v) is 12.4. The van der Waals surface area contributed by atoms with Gasteiger partial charge in [0.25, 0.3) is 0 Å². The summed E-state index contributed by atoms with van der Waals surface area (Å²) in [5.41, 5.74) is 1.16. The normalized spacial score (nSPS) is 17.9. The Morgan fingerprint density at radius 2 is 2.21 bits per heavy atom. The molecule has 1 unspecified atom stereocenters. The largest absolute Gasteiger partial charge is 0.491 e. The van der Waals surface area contributed by atoms with E-state index in [1.807, 2.05) is 32.2 Å². The van der Waals surface area contributed by atoms with Crippen molar-refractivity contribution in [1.82, 2.24) is 10.2 Å². The number of benzene rings is 1. The van der Waals surface area contributed by atoms with Crippen LogP contribution in [0, 0.1) is 0 Å². The predicted molar refractivity (Wildman–Crippen MR) is 79.4 cm³/mol. The molecule has 0 bridgehead atoms. The van der Waals surface area contributed by atoms with Crippen LogP contribution in [0.4, 0.5) is 0 Å². The molecule has 1 heterocycles. The van der Waals surface area contributed by atoms with Crippen molar-refractivity contribution in [3.8, 4) is 5.75 Å². The Morgan fingerprint density at radius 3 is 2.79 bits per heavy atom.